The highest BCUT2D eigenvalue weighted by molar-refractivity contribution is 9.10. The van der Waals surface area contributed by atoms with Crippen LogP contribution in [-0.4, -0.2) is 44.5 Å². The fourth-order valence-electron chi connectivity index (χ4n) is 3.70. The van der Waals surface area contributed by atoms with E-state index in [1.807, 2.05) is 0 Å². The summed E-state index contributed by atoms with van der Waals surface area (Å²) in [6.45, 7) is 0. The first-order valence-electron chi connectivity index (χ1n) is 10.9. The first-order chi connectivity index (χ1) is 17.7. The highest BCUT2D eigenvalue weighted by Crippen LogP contribution is 2.44. The molecule has 4 rings (SSSR count). The molecule has 0 fully saturated rings. The summed E-state index contributed by atoms with van der Waals surface area (Å²) in [6.07, 6.45) is -1.09. The van der Waals surface area contributed by atoms with Gasteiger partial charge in [-0.05, 0) is 46.3 Å². The molecule has 2 atom stereocenters. The lowest BCUT2D eigenvalue weighted by Crippen LogP contribution is -2.50. The molecular weight excluding hydrogens is 544 g/mol. The topological polar surface area (TPSA) is 127 Å². The molecule has 0 bridgehead atoms. The minimum atomic E-state index is -2.32. The number of ketones is 1. The van der Waals surface area contributed by atoms with E-state index in [9.17, 15) is 29.4 Å². The maximum absolute atomic E-state index is 13.6. The van der Waals surface area contributed by atoms with Crippen molar-refractivity contribution < 1.29 is 38.9 Å². The highest BCUT2D eigenvalue weighted by Gasteiger charge is 2.55. The second-order valence-corrected chi connectivity index (χ2v) is 9.09. The average molecular weight is 563 g/mol. The summed E-state index contributed by atoms with van der Waals surface area (Å²) in [4.78, 5) is 51.8. The highest BCUT2D eigenvalue weighted by atomic mass is 79.9. The molecule has 186 valence electrons. The number of Topliss-reactive ketones (excluding diaryl/α,β-unsaturated/α-hetero) is 1. The van der Waals surface area contributed by atoms with E-state index in [2.05, 4.69) is 15.9 Å². The van der Waals surface area contributed by atoms with Crippen LogP contribution in [0.3, 0.4) is 0 Å². The monoisotopic (exact) mass is 562 g/mol. The second kappa shape index (κ2) is 10.6. The number of ether oxygens (including phenoxy) is 2. The number of alkyl halides is 1. The van der Waals surface area contributed by atoms with Crippen molar-refractivity contribution in [2.45, 2.75) is 10.6 Å². The first kappa shape index (κ1) is 25.6. The van der Waals surface area contributed by atoms with Gasteiger partial charge in [0.05, 0.1) is 22.3 Å². The van der Waals surface area contributed by atoms with Crippen LogP contribution in [0.1, 0.15) is 31.1 Å². The van der Waals surface area contributed by atoms with Crippen LogP contribution in [-0.2, 0) is 14.3 Å². The summed E-state index contributed by atoms with van der Waals surface area (Å²) in [6, 6.07) is 23.3. The maximum atomic E-state index is 13.6. The van der Waals surface area contributed by atoms with Crippen molar-refractivity contribution in [2.24, 2.45) is 0 Å². The number of aliphatic hydroxyl groups excluding tert-OH is 1. The number of aliphatic carboxylic acids is 1. The Balaban J connectivity index is 1.86. The molecule has 1 aliphatic rings. The number of aliphatic hydroxyl groups is 1. The molecule has 2 unspecified atom stereocenters. The lowest BCUT2D eigenvalue weighted by Gasteiger charge is -2.37. The standard InChI is InChI=1S/C28H19BrO8/c29-28(37-27(35)19-14-8-3-9-15-19)21(30)16-20(25(32)33)22(23(31)17-10-4-1-5-11-17)24(28)36-26(34)18-12-6-2-7-13-18/h1-16,24,30H,(H,32,33). The van der Waals surface area contributed by atoms with Crippen molar-refractivity contribution in [2.75, 3.05) is 0 Å². The van der Waals surface area contributed by atoms with Gasteiger partial charge in [0.15, 0.2) is 17.6 Å². The number of rotatable bonds is 7. The molecule has 37 heavy (non-hydrogen) atoms. The molecule has 0 aliphatic heterocycles. The SMILES string of the molecule is O=C(O)C1=C(C(=O)c2ccccc2)C(OC(=O)c2ccccc2)C(Br)(OC(=O)c2ccccc2)C(O)=C1. The number of hydrogen-bond acceptors (Lipinski definition) is 7. The van der Waals surface area contributed by atoms with Gasteiger partial charge >= 0.3 is 17.9 Å². The molecule has 0 amide bonds. The summed E-state index contributed by atoms with van der Waals surface area (Å²) in [5.74, 6) is -5.01. The molecule has 2 N–H and O–H groups in total. The van der Waals surface area contributed by atoms with Gasteiger partial charge in [-0.25, -0.2) is 14.4 Å². The first-order valence-corrected chi connectivity index (χ1v) is 11.7. The molecule has 0 aromatic heterocycles. The third kappa shape index (κ3) is 5.22. The molecule has 8 nitrogen and oxygen atoms in total. The predicted molar refractivity (Wildman–Crippen MR) is 135 cm³/mol. The Morgan fingerprint density at radius 1 is 0.730 bits per heavy atom. The number of carbonyl (C=O) groups is 4. The molecule has 0 saturated heterocycles. The van der Waals surface area contributed by atoms with Crippen molar-refractivity contribution in [3.63, 3.8) is 0 Å². The van der Waals surface area contributed by atoms with Gasteiger partial charge in [0.2, 0.25) is 0 Å². The summed E-state index contributed by atoms with van der Waals surface area (Å²) < 4.78 is 8.89. The van der Waals surface area contributed by atoms with E-state index < -0.39 is 51.2 Å². The van der Waals surface area contributed by atoms with Gasteiger partial charge in [0.25, 0.3) is 4.51 Å². The van der Waals surface area contributed by atoms with E-state index in [0.29, 0.717) is 0 Å². The molecule has 0 radical (unpaired) electrons. The van der Waals surface area contributed by atoms with Gasteiger partial charge in [-0.3, -0.25) is 4.79 Å². The van der Waals surface area contributed by atoms with E-state index >= 15 is 0 Å². The fraction of sp³-hybridized carbons (Fsp3) is 0.0714. The molecule has 3 aromatic carbocycles. The largest absolute Gasteiger partial charge is 0.507 e. The van der Waals surface area contributed by atoms with E-state index in [1.54, 1.807) is 54.6 Å². The van der Waals surface area contributed by atoms with Crippen molar-refractivity contribution in [1.82, 2.24) is 0 Å². The van der Waals surface area contributed by atoms with Crippen LogP contribution in [0.2, 0.25) is 0 Å². The lowest BCUT2D eigenvalue weighted by molar-refractivity contribution is -0.132. The molecule has 0 saturated carbocycles. The lowest BCUT2D eigenvalue weighted by atomic mass is 9.86. The molecular formula is C28H19BrO8. The second-order valence-electron chi connectivity index (χ2n) is 7.91. The minimum Gasteiger partial charge on any atom is -0.507 e. The molecule has 0 spiro atoms. The number of benzene rings is 3. The average Bonchev–Trinajstić information content (AvgIpc) is 2.92. The van der Waals surface area contributed by atoms with Crippen LogP contribution < -0.4 is 0 Å². The number of esters is 2. The number of carboxylic acids is 1. The Bertz CT molecular complexity index is 1410. The zero-order chi connectivity index (χ0) is 26.6. The van der Waals surface area contributed by atoms with E-state index in [4.69, 9.17) is 9.47 Å². The number of hydrogen-bond donors (Lipinski definition) is 2. The van der Waals surface area contributed by atoms with Gasteiger partial charge in [-0.2, -0.15) is 0 Å². The van der Waals surface area contributed by atoms with Gasteiger partial charge in [-0.1, -0.05) is 66.7 Å². The molecule has 9 heteroatoms. The predicted octanol–water partition coefficient (Wildman–Crippen LogP) is 4.88. The fourth-order valence-corrected chi connectivity index (χ4v) is 4.28. The van der Waals surface area contributed by atoms with Gasteiger partial charge in [0.1, 0.15) is 0 Å². The van der Waals surface area contributed by atoms with Crippen molar-refractivity contribution in [3.05, 3.63) is 131 Å². The van der Waals surface area contributed by atoms with Gasteiger partial charge < -0.3 is 19.7 Å². The Hall–Kier alpha value is -4.50. The van der Waals surface area contributed by atoms with Crippen LogP contribution in [0.25, 0.3) is 0 Å². The van der Waals surface area contributed by atoms with Gasteiger partial charge in [0, 0.05) is 5.56 Å². The number of carboxylic acid groups (broad SMARTS) is 1. The quantitative estimate of drug-likeness (QED) is 0.237. The summed E-state index contributed by atoms with van der Waals surface area (Å²) in [5.41, 5.74) is -0.840. The molecule has 0 heterocycles. The third-order valence-corrected chi connectivity index (χ3v) is 6.50. The number of carbonyl (C=O) groups excluding carboxylic acids is 3. The van der Waals surface area contributed by atoms with E-state index in [1.165, 1.54) is 36.4 Å². The van der Waals surface area contributed by atoms with Crippen LogP contribution in [0, 0.1) is 0 Å². The Morgan fingerprint density at radius 3 is 1.68 bits per heavy atom. The van der Waals surface area contributed by atoms with Crippen molar-refractivity contribution >= 4 is 39.6 Å². The summed E-state index contributed by atoms with van der Waals surface area (Å²) in [5, 5.41) is 20.8. The Kier molecular flexibility index (Phi) is 7.35. The zero-order valence-electron chi connectivity index (χ0n) is 19.0. The van der Waals surface area contributed by atoms with Crippen LogP contribution in [0.5, 0.6) is 0 Å². The van der Waals surface area contributed by atoms with E-state index in [0.717, 1.165) is 6.08 Å². The van der Waals surface area contributed by atoms with Crippen LogP contribution in [0.4, 0.5) is 0 Å². The smallest absolute Gasteiger partial charge is 0.340 e. The third-order valence-electron chi connectivity index (χ3n) is 5.52. The molecule has 3 aromatic rings. The van der Waals surface area contributed by atoms with Crippen LogP contribution >= 0.6 is 15.9 Å². The normalized spacial score (nSPS) is 18.9. The zero-order valence-corrected chi connectivity index (χ0v) is 20.6. The Labute approximate surface area is 219 Å². The van der Waals surface area contributed by atoms with E-state index in [-0.39, 0.29) is 16.7 Å². The van der Waals surface area contributed by atoms with Crippen LogP contribution in [0.15, 0.2) is 114 Å². The number of halogens is 1. The van der Waals surface area contributed by atoms with Crippen molar-refractivity contribution in [1.29, 1.82) is 0 Å². The summed E-state index contributed by atoms with van der Waals surface area (Å²) in [7, 11) is 0. The maximum Gasteiger partial charge on any atom is 0.340 e. The van der Waals surface area contributed by atoms with Crippen molar-refractivity contribution in [3.8, 4) is 0 Å². The minimum absolute atomic E-state index is 0.0872. The van der Waals surface area contributed by atoms with Gasteiger partial charge in [-0.15, -0.1) is 0 Å². The summed E-state index contributed by atoms with van der Waals surface area (Å²) >= 11 is 3.17. The Morgan fingerprint density at radius 2 is 1.19 bits per heavy atom. The molecule has 1 aliphatic carbocycles.